The molecule has 0 aromatic heterocycles. The Morgan fingerprint density at radius 1 is 1.19 bits per heavy atom. The van der Waals surface area contributed by atoms with Gasteiger partial charge in [-0.1, -0.05) is 23.4 Å². The molecule has 0 N–H and O–H groups in total. The molecular weight excluding hydrogens is 310 g/mol. The van der Waals surface area contributed by atoms with Crippen molar-refractivity contribution in [2.24, 2.45) is 0 Å². The number of hydrogen-bond donors (Lipinski definition) is 0. The van der Waals surface area contributed by atoms with E-state index in [2.05, 4.69) is 11.8 Å². The quantitative estimate of drug-likeness (QED) is 0.573. The lowest BCUT2D eigenvalue weighted by Crippen LogP contribution is -1.98. The molecule has 108 valence electrons. The third-order valence-electron chi connectivity index (χ3n) is 2.87. The van der Waals surface area contributed by atoms with Crippen LogP contribution in [0.4, 0.5) is 4.39 Å². The molecule has 0 unspecified atom stereocenters. The number of hydrogen-bond acceptors (Lipinski definition) is 1. The molecule has 0 bridgehead atoms. The molecule has 0 spiro atoms. The van der Waals surface area contributed by atoms with Gasteiger partial charge < -0.3 is 4.74 Å². The van der Waals surface area contributed by atoms with Crippen LogP contribution in [0.25, 0.3) is 0 Å². The molecule has 2 rings (SSSR count). The lowest BCUT2D eigenvalue weighted by Gasteiger charge is -2.10. The molecule has 0 amide bonds. The predicted molar refractivity (Wildman–Crippen MR) is 84.5 cm³/mol. The minimum atomic E-state index is -0.332. The summed E-state index contributed by atoms with van der Waals surface area (Å²) in [5.41, 5.74) is 2.44. The SMILES string of the molecule is Cc1cc(C#CCCl)ccc1OCc1cc(F)ccc1Cl. The van der Waals surface area contributed by atoms with Crippen LogP contribution in [0.1, 0.15) is 16.7 Å². The van der Waals surface area contributed by atoms with Crippen LogP contribution >= 0.6 is 23.2 Å². The summed E-state index contributed by atoms with van der Waals surface area (Å²) in [4.78, 5) is 0. The van der Waals surface area contributed by atoms with Gasteiger partial charge in [-0.15, -0.1) is 11.6 Å². The Morgan fingerprint density at radius 2 is 2.00 bits per heavy atom. The number of aryl methyl sites for hydroxylation is 1. The second kappa shape index (κ2) is 7.36. The summed E-state index contributed by atoms with van der Waals surface area (Å²) < 4.78 is 18.9. The maximum absolute atomic E-state index is 13.2. The first-order valence-corrected chi connectivity index (χ1v) is 7.23. The highest BCUT2D eigenvalue weighted by Gasteiger charge is 2.05. The molecule has 0 radical (unpaired) electrons. The van der Waals surface area contributed by atoms with Gasteiger partial charge in [0.1, 0.15) is 18.2 Å². The molecule has 0 heterocycles. The Kier molecular flexibility index (Phi) is 5.50. The molecular formula is C17H13Cl2FO. The van der Waals surface area contributed by atoms with Gasteiger partial charge in [-0.2, -0.15) is 0 Å². The zero-order valence-corrected chi connectivity index (χ0v) is 12.9. The van der Waals surface area contributed by atoms with Crippen molar-refractivity contribution in [2.75, 3.05) is 5.88 Å². The van der Waals surface area contributed by atoms with Gasteiger partial charge in [0, 0.05) is 16.1 Å². The maximum atomic E-state index is 13.2. The Bertz CT molecular complexity index is 702. The van der Waals surface area contributed by atoms with Crippen molar-refractivity contribution in [1.29, 1.82) is 0 Å². The van der Waals surface area contributed by atoms with E-state index in [1.165, 1.54) is 18.2 Å². The third-order valence-corrected chi connectivity index (χ3v) is 3.37. The van der Waals surface area contributed by atoms with Crippen LogP contribution < -0.4 is 4.74 Å². The van der Waals surface area contributed by atoms with Crippen molar-refractivity contribution in [1.82, 2.24) is 0 Å². The summed E-state index contributed by atoms with van der Waals surface area (Å²) in [5, 5.41) is 0.485. The van der Waals surface area contributed by atoms with Crippen molar-refractivity contribution in [2.45, 2.75) is 13.5 Å². The zero-order valence-electron chi connectivity index (χ0n) is 11.4. The molecule has 0 fully saturated rings. The fourth-order valence-electron chi connectivity index (χ4n) is 1.83. The van der Waals surface area contributed by atoms with E-state index >= 15 is 0 Å². The maximum Gasteiger partial charge on any atom is 0.123 e. The van der Waals surface area contributed by atoms with Gasteiger partial charge in [0.15, 0.2) is 0 Å². The molecule has 2 aromatic rings. The molecule has 0 aliphatic heterocycles. The van der Waals surface area contributed by atoms with Gasteiger partial charge in [-0.25, -0.2) is 4.39 Å². The topological polar surface area (TPSA) is 9.23 Å². The number of ether oxygens (including phenoxy) is 1. The number of alkyl halides is 1. The van der Waals surface area contributed by atoms with Crippen molar-refractivity contribution < 1.29 is 9.13 Å². The predicted octanol–water partition coefficient (Wildman–Crippen LogP) is 4.96. The Balaban J connectivity index is 2.11. The third kappa shape index (κ3) is 4.39. The first kappa shape index (κ1) is 15.7. The molecule has 0 atom stereocenters. The summed E-state index contributed by atoms with van der Waals surface area (Å²) in [6.07, 6.45) is 0. The van der Waals surface area contributed by atoms with Crippen LogP contribution in [0.5, 0.6) is 5.75 Å². The highest BCUT2D eigenvalue weighted by Crippen LogP contribution is 2.23. The van der Waals surface area contributed by atoms with Gasteiger partial charge in [0.25, 0.3) is 0 Å². The van der Waals surface area contributed by atoms with E-state index in [4.69, 9.17) is 27.9 Å². The van der Waals surface area contributed by atoms with Crippen LogP contribution in [0.2, 0.25) is 5.02 Å². The minimum Gasteiger partial charge on any atom is -0.489 e. The lowest BCUT2D eigenvalue weighted by atomic mass is 10.1. The second-order valence-electron chi connectivity index (χ2n) is 4.44. The van der Waals surface area contributed by atoms with Crippen molar-refractivity contribution >= 4 is 23.2 Å². The minimum absolute atomic E-state index is 0.212. The molecule has 4 heteroatoms. The van der Waals surface area contributed by atoms with E-state index in [1.54, 1.807) is 0 Å². The molecule has 2 aromatic carbocycles. The average molecular weight is 323 g/mol. The van der Waals surface area contributed by atoms with Gasteiger partial charge in [-0.05, 0) is 48.9 Å². The Labute approximate surface area is 133 Å². The Morgan fingerprint density at radius 3 is 2.71 bits per heavy atom. The summed E-state index contributed by atoms with van der Waals surface area (Å²) in [7, 11) is 0. The van der Waals surface area contributed by atoms with E-state index in [-0.39, 0.29) is 12.4 Å². The molecule has 1 nitrogen and oxygen atoms in total. The highest BCUT2D eigenvalue weighted by molar-refractivity contribution is 6.31. The van der Waals surface area contributed by atoms with Crippen molar-refractivity contribution in [3.63, 3.8) is 0 Å². The van der Waals surface area contributed by atoms with Gasteiger partial charge in [-0.3, -0.25) is 0 Å². The van der Waals surface area contributed by atoms with E-state index in [0.29, 0.717) is 22.2 Å². The molecule has 0 saturated carbocycles. The summed E-state index contributed by atoms with van der Waals surface area (Å²) in [6.45, 7) is 2.14. The fraction of sp³-hybridized carbons (Fsp3) is 0.176. The van der Waals surface area contributed by atoms with E-state index in [1.807, 2.05) is 25.1 Å². The van der Waals surface area contributed by atoms with E-state index in [9.17, 15) is 4.39 Å². The van der Waals surface area contributed by atoms with Crippen LogP contribution in [-0.2, 0) is 6.61 Å². The summed E-state index contributed by atoms with van der Waals surface area (Å²) in [5.74, 6) is 6.43. The second-order valence-corrected chi connectivity index (χ2v) is 5.11. The smallest absolute Gasteiger partial charge is 0.123 e. The average Bonchev–Trinajstić information content (AvgIpc) is 2.47. The zero-order chi connectivity index (χ0) is 15.2. The van der Waals surface area contributed by atoms with Crippen molar-refractivity contribution in [3.8, 4) is 17.6 Å². The van der Waals surface area contributed by atoms with Crippen molar-refractivity contribution in [3.05, 3.63) is 63.9 Å². The fourth-order valence-corrected chi connectivity index (χ4v) is 2.07. The standard InChI is InChI=1S/C17H13Cl2FO/c1-12-9-13(3-2-8-18)4-7-17(12)21-11-14-10-15(20)5-6-16(14)19/h4-7,9-10H,8,11H2,1H3. The molecule has 0 aliphatic rings. The van der Waals surface area contributed by atoms with Gasteiger partial charge in [0.05, 0.1) is 5.88 Å². The van der Waals surface area contributed by atoms with Crippen LogP contribution in [-0.4, -0.2) is 5.88 Å². The summed E-state index contributed by atoms with van der Waals surface area (Å²) in [6, 6.07) is 9.82. The lowest BCUT2D eigenvalue weighted by molar-refractivity contribution is 0.303. The molecule has 21 heavy (non-hydrogen) atoms. The number of benzene rings is 2. The van der Waals surface area contributed by atoms with Crippen LogP contribution in [0, 0.1) is 24.6 Å². The van der Waals surface area contributed by atoms with E-state index < -0.39 is 0 Å². The normalized spacial score (nSPS) is 9.90. The van der Waals surface area contributed by atoms with Crippen LogP contribution in [0.15, 0.2) is 36.4 Å². The van der Waals surface area contributed by atoms with Crippen LogP contribution in [0.3, 0.4) is 0 Å². The first-order valence-electron chi connectivity index (χ1n) is 6.32. The number of rotatable bonds is 3. The highest BCUT2D eigenvalue weighted by atomic mass is 35.5. The van der Waals surface area contributed by atoms with Gasteiger partial charge >= 0.3 is 0 Å². The summed E-state index contributed by atoms with van der Waals surface area (Å²) >= 11 is 11.5. The van der Waals surface area contributed by atoms with Gasteiger partial charge in [0.2, 0.25) is 0 Å². The monoisotopic (exact) mass is 322 g/mol. The Hall–Kier alpha value is -1.69. The molecule has 0 saturated heterocycles. The van der Waals surface area contributed by atoms with E-state index in [0.717, 1.165) is 11.1 Å². The first-order chi connectivity index (χ1) is 10.1. The molecule has 0 aliphatic carbocycles. The largest absolute Gasteiger partial charge is 0.489 e. The number of halogens is 3.